The lowest BCUT2D eigenvalue weighted by Gasteiger charge is -2.27. The molecule has 1 aromatic heterocycles. The third-order valence-electron chi connectivity index (χ3n) is 3.36. The summed E-state index contributed by atoms with van der Waals surface area (Å²) in [5.41, 5.74) is 0. The maximum absolute atomic E-state index is 5.87. The summed E-state index contributed by atoms with van der Waals surface area (Å²) >= 11 is 11.7. The number of halogens is 2. The molecule has 2 atom stereocenters. The second-order valence-electron chi connectivity index (χ2n) is 4.30. The van der Waals surface area contributed by atoms with E-state index in [4.69, 9.17) is 23.2 Å². The summed E-state index contributed by atoms with van der Waals surface area (Å²) in [6, 6.07) is 2.44. The van der Waals surface area contributed by atoms with E-state index in [0.29, 0.717) is 11.2 Å². The molecule has 2 heterocycles. The molecule has 0 radical (unpaired) electrons. The number of hydrogen-bond acceptors (Lipinski definition) is 3. The van der Waals surface area contributed by atoms with Crippen molar-refractivity contribution in [3.63, 3.8) is 0 Å². The highest BCUT2D eigenvalue weighted by atomic mass is 35.5. The van der Waals surface area contributed by atoms with Crippen molar-refractivity contribution in [2.75, 3.05) is 11.4 Å². The van der Waals surface area contributed by atoms with Crippen LogP contribution in [-0.2, 0) is 0 Å². The summed E-state index contributed by atoms with van der Waals surface area (Å²) in [6.07, 6.45) is 3.91. The highest BCUT2D eigenvalue weighted by molar-refractivity contribution is 6.32. The van der Waals surface area contributed by atoms with Gasteiger partial charge in [-0.25, -0.2) is 9.97 Å². The molecule has 3 nitrogen and oxygen atoms in total. The Morgan fingerprint density at radius 2 is 2.13 bits per heavy atom. The third-order valence-corrected chi connectivity index (χ3v) is 3.72. The van der Waals surface area contributed by atoms with E-state index in [1.54, 1.807) is 6.07 Å². The summed E-state index contributed by atoms with van der Waals surface area (Å²) in [5.74, 6) is 1.72. The first-order chi connectivity index (χ1) is 7.22. The molecule has 0 N–H and O–H groups in total. The minimum absolute atomic E-state index is 0.236. The highest BCUT2D eigenvalue weighted by Gasteiger charge is 2.38. The molecule has 0 spiro atoms. The number of nitrogens with zero attached hydrogens (tertiary/aromatic N) is 3. The Morgan fingerprint density at radius 3 is 2.73 bits per heavy atom. The molecule has 80 valence electrons. The smallest absolute Gasteiger partial charge is 0.225 e. The second-order valence-corrected chi connectivity index (χ2v) is 5.03. The molecule has 1 saturated heterocycles. The van der Waals surface area contributed by atoms with Crippen LogP contribution in [0.25, 0.3) is 0 Å². The number of hydrogen-bond donors (Lipinski definition) is 0. The molecule has 1 saturated carbocycles. The van der Waals surface area contributed by atoms with Crippen LogP contribution in [0.15, 0.2) is 6.07 Å². The van der Waals surface area contributed by atoms with Gasteiger partial charge in [-0.15, -0.1) is 0 Å². The predicted octanol–water partition coefficient (Wildman–Crippen LogP) is 2.77. The minimum Gasteiger partial charge on any atom is -0.353 e. The van der Waals surface area contributed by atoms with Crippen molar-refractivity contribution in [2.45, 2.75) is 25.3 Å². The van der Waals surface area contributed by atoms with Crippen LogP contribution in [0.4, 0.5) is 5.82 Å². The van der Waals surface area contributed by atoms with E-state index in [2.05, 4.69) is 14.9 Å². The quantitative estimate of drug-likeness (QED) is 0.561. The molecule has 5 heteroatoms. The third kappa shape index (κ3) is 1.68. The number of piperidine rings is 1. The summed E-state index contributed by atoms with van der Waals surface area (Å²) < 4.78 is 0. The second kappa shape index (κ2) is 3.49. The lowest BCUT2D eigenvalue weighted by atomic mass is 10.1. The largest absolute Gasteiger partial charge is 0.353 e. The lowest BCUT2D eigenvalue weighted by Crippen LogP contribution is -2.32. The molecule has 2 fully saturated rings. The van der Waals surface area contributed by atoms with Gasteiger partial charge in [-0.3, -0.25) is 0 Å². The van der Waals surface area contributed by atoms with Crippen LogP contribution in [0.1, 0.15) is 19.3 Å². The van der Waals surface area contributed by atoms with Crippen LogP contribution < -0.4 is 4.90 Å². The summed E-state index contributed by atoms with van der Waals surface area (Å²) in [4.78, 5) is 10.4. The Kier molecular flexibility index (Phi) is 2.25. The standard InChI is InChI=1S/C10H11Cl2N3/c11-8-4-9(14-10(12)13-8)15-5-6-1-2-7(15)3-6/h4,6-7H,1-3,5H2. The highest BCUT2D eigenvalue weighted by Crippen LogP contribution is 2.39. The van der Waals surface area contributed by atoms with Gasteiger partial charge in [0.25, 0.3) is 0 Å². The first-order valence-corrected chi connectivity index (χ1v) is 5.94. The Hall–Kier alpha value is -0.540. The fraction of sp³-hybridized carbons (Fsp3) is 0.600. The zero-order valence-corrected chi connectivity index (χ0v) is 9.67. The van der Waals surface area contributed by atoms with Gasteiger partial charge in [0.15, 0.2) is 0 Å². The number of rotatable bonds is 1. The zero-order valence-electron chi connectivity index (χ0n) is 8.16. The van der Waals surface area contributed by atoms with Crippen LogP contribution in [0.5, 0.6) is 0 Å². The first-order valence-electron chi connectivity index (χ1n) is 5.19. The molecule has 3 rings (SSSR count). The van der Waals surface area contributed by atoms with Crippen molar-refractivity contribution in [2.24, 2.45) is 5.92 Å². The van der Waals surface area contributed by atoms with Gasteiger partial charge in [-0.1, -0.05) is 11.6 Å². The van der Waals surface area contributed by atoms with Gasteiger partial charge in [0.05, 0.1) is 0 Å². The summed E-state index contributed by atoms with van der Waals surface area (Å²) in [6.45, 7) is 1.09. The van der Waals surface area contributed by atoms with E-state index in [0.717, 1.165) is 18.3 Å². The van der Waals surface area contributed by atoms with Gasteiger partial charge >= 0.3 is 0 Å². The summed E-state index contributed by atoms with van der Waals surface area (Å²) in [5, 5.41) is 0.660. The van der Waals surface area contributed by atoms with Crippen LogP contribution >= 0.6 is 23.2 Å². The Bertz CT molecular complexity index is 376. The predicted molar refractivity (Wildman–Crippen MR) is 60.5 cm³/mol. The minimum atomic E-state index is 0.236. The van der Waals surface area contributed by atoms with Crippen molar-refractivity contribution < 1.29 is 0 Å². The zero-order chi connectivity index (χ0) is 10.4. The molecular formula is C10H11Cl2N3. The summed E-state index contributed by atoms with van der Waals surface area (Å²) in [7, 11) is 0. The van der Waals surface area contributed by atoms with Crippen LogP contribution in [0, 0.1) is 5.92 Å². The van der Waals surface area contributed by atoms with Crippen LogP contribution in [0.2, 0.25) is 10.4 Å². The van der Waals surface area contributed by atoms with Crippen molar-refractivity contribution in [1.82, 2.24) is 9.97 Å². The monoisotopic (exact) mass is 243 g/mol. The maximum Gasteiger partial charge on any atom is 0.225 e. The molecule has 1 aromatic rings. The first kappa shape index (κ1) is 9.67. The maximum atomic E-state index is 5.87. The van der Waals surface area contributed by atoms with Crippen molar-refractivity contribution in [3.05, 3.63) is 16.5 Å². The number of aromatic nitrogens is 2. The molecule has 0 aromatic carbocycles. The number of fused-ring (bicyclic) bond motifs is 2. The Labute approximate surface area is 98.4 Å². The van der Waals surface area contributed by atoms with Crippen LogP contribution in [0.3, 0.4) is 0 Å². The fourth-order valence-corrected chi connectivity index (χ4v) is 3.13. The fourth-order valence-electron chi connectivity index (χ4n) is 2.73. The van der Waals surface area contributed by atoms with Gasteiger partial charge in [0.1, 0.15) is 11.0 Å². The van der Waals surface area contributed by atoms with E-state index in [-0.39, 0.29) is 5.28 Å². The molecule has 2 aliphatic rings. The Morgan fingerprint density at radius 1 is 1.27 bits per heavy atom. The van der Waals surface area contributed by atoms with Crippen LogP contribution in [-0.4, -0.2) is 22.6 Å². The SMILES string of the molecule is Clc1cc(N2CC3CCC2C3)nc(Cl)n1. The molecule has 0 amide bonds. The number of anilines is 1. The molecule has 15 heavy (non-hydrogen) atoms. The van der Waals surface area contributed by atoms with Crippen molar-refractivity contribution in [3.8, 4) is 0 Å². The molecule has 1 aliphatic carbocycles. The van der Waals surface area contributed by atoms with E-state index in [1.165, 1.54) is 19.3 Å². The van der Waals surface area contributed by atoms with Gasteiger partial charge in [-0.2, -0.15) is 0 Å². The van der Waals surface area contributed by atoms with E-state index in [9.17, 15) is 0 Å². The van der Waals surface area contributed by atoms with Crippen molar-refractivity contribution in [1.29, 1.82) is 0 Å². The molecule has 2 bridgehead atoms. The van der Waals surface area contributed by atoms with Gasteiger partial charge in [0, 0.05) is 18.7 Å². The van der Waals surface area contributed by atoms with Gasteiger partial charge in [-0.05, 0) is 36.8 Å². The molecule has 1 aliphatic heterocycles. The van der Waals surface area contributed by atoms with Gasteiger partial charge < -0.3 is 4.90 Å². The molecule has 2 unspecified atom stereocenters. The lowest BCUT2D eigenvalue weighted by molar-refractivity contribution is 0.550. The topological polar surface area (TPSA) is 29.0 Å². The van der Waals surface area contributed by atoms with Crippen molar-refractivity contribution >= 4 is 29.0 Å². The van der Waals surface area contributed by atoms with E-state index in [1.807, 2.05) is 0 Å². The normalized spacial score (nSPS) is 28.8. The average molecular weight is 244 g/mol. The van der Waals surface area contributed by atoms with Gasteiger partial charge in [0.2, 0.25) is 5.28 Å². The van der Waals surface area contributed by atoms with E-state index < -0.39 is 0 Å². The average Bonchev–Trinajstić information content (AvgIpc) is 2.76. The van der Waals surface area contributed by atoms with E-state index >= 15 is 0 Å². The molecular weight excluding hydrogens is 233 g/mol. The Balaban J connectivity index is 1.93.